The minimum Gasteiger partial charge on any atom is -0.493 e. The lowest BCUT2D eigenvalue weighted by Gasteiger charge is -2.05. The van der Waals surface area contributed by atoms with E-state index in [1.165, 1.54) is 16.9 Å². The van der Waals surface area contributed by atoms with Crippen molar-refractivity contribution in [3.8, 4) is 5.88 Å². The number of nitrogens with zero attached hydrogens (tertiary/aromatic N) is 2. The van der Waals surface area contributed by atoms with Crippen molar-refractivity contribution in [1.82, 2.24) is 4.57 Å². The van der Waals surface area contributed by atoms with Crippen molar-refractivity contribution >= 4 is 47.1 Å². The second-order valence-corrected chi connectivity index (χ2v) is 7.49. The molecule has 0 fully saturated rings. The number of benzene rings is 2. The predicted molar refractivity (Wildman–Crippen MR) is 107 cm³/mol. The van der Waals surface area contributed by atoms with Crippen LogP contribution in [0.3, 0.4) is 0 Å². The Bertz CT molecular complexity index is 1030. The van der Waals surface area contributed by atoms with Crippen molar-refractivity contribution in [3.05, 3.63) is 74.6 Å². The molecule has 1 aromatic heterocycles. The highest BCUT2D eigenvalue weighted by atomic mass is 32.1. The van der Waals surface area contributed by atoms with Crippen LogP contribution in [0.5, 0.6) is 5.88 Å². The summed E-state index contributed by atoms with van der Waals surface area (Å²) < 4.78 is 2.49. The molecule has 4 rings (SSSR count). The first-order chi connectivity index (χ1) is 12.2. The molecule has 3 nitrogen and oxygen atoms in total. The number of aromatic nitrogens is 1. The SMILES string of the molecule is Oc1c(/C=C2\C=Nc3ccccc32)sc(=S)n1CCc1ccccc1. The molecule has 124 valence electrons. The highest BCUT2D eigenvalue weighted by molar-refractivity contribution is 7.73. The Labute approximate surface area is 155 Å². The van der Waals surface area contributed by atoms with Crippen LogP contribution in [-0.4, -0.2) is 15.9 Å². The molecule has 0 amide bonds. The van der Waals surface area contributed by atoms with Gasteiger partial charge in [-0.1, -0.05) is 48.5 Å². The minimum absolute atomic E-state index is 0.233. The fourth-order valence-electron chi connectivity index (χ4n) is 2.89. The average Bonchev–Trinajstić information content (AvgIpc) is 3.16. The van der Waals surface area contributed by atoms with E-state index in [1.54, 1.807) is 4.57 Å². The molecule has 2 aromatic carbocycles. The number of fused-ring (bicyclic) bond motifs is 1. The lowest BCUT2D eigenvalue weighted by molar-refractivity contribution is 0.414. The van der Waals surface area contributed by atoms with Gasteiger partial charge in [-0.15, -0.1) is 11.3 Å². The number of thiazole rings is 1. The van der Waals surface area contributed by atoms with Gasteiger partial charge >= 0.3 is 0 Å². The van der Waals surface area contributed by atoms with Crippen molar-refractivity contribution in [3.63, 3.8) is 0 Å². The summed E-state index contributed by atoms with van der Waals surface area (Å²) in [6.45, 7) is 0.666. The van der Waals surface area contributed by atoms with Gasteiger partial charge in [0.25, 0.3) is 0 Å². The third-order valence-electron chi connectivity index (χ3n) is 4.20. The average molecular weight is 364 g/mol. The maximum Gasteiger partial charge on any atom is 0.210 e. The molecular formula is C20H16N2OS2. The minimum atomic E-state index is 0.233. The van der Waals surface area contributed by atoms with E-state index in [9.17, 15) is 5.11 Å². The molecule has 0 unspecified atom stereocenters. The van der Waals surface area contributed by atoms with Crippen molar-refractivity contribution in [1.29, 1.82) is 0 Å². The summed E-state index contributed by atoms with van der Waals surface area (Å²) in [5.74, 6) is 0.233. The maximum absolute atomic E-state index is 10.6. The van der Waals surface area contributed by atoms with Gasteiger partial charge in [-0.25, -0.2) is 0 Å². The maximum atomic E-state index is 10.6. The lowest BCUT2D eigenvalue weighted by Crippen LogP contribution is -2.00. The zero-order chi connectivity index (χ0) is 17.2. The van der Waals surface area contributed by atoms with Crippen LogP contribution < -0.4 is 0 Å². The highest BCUT2D eigenvalue weighted by Crippen LogP contribution is 2.35. The zero-order valence-electron chi connectivity index (χ0n) is 13.4. The Morgan fingerprint density at radius 3 is 2.68 bits per heavy atom. The Hall–Kier alpha value is -2.50. The van der Waals surface area contributed by atoms with E-state index in [0.717, 1.165) is 28.1 Å². The zero-order valence-corrected chi connectivity index (χ0v) is 15.1. The van der Waals surface area contributed by atoms with Crippen LogP contribution in [0.15, 0.2) is 59.6 Å². The molecule has 1 aliphatic heterocycles. The summed E-state index contributed by atoms with van der Waals surface area (Å²) in [5, 5.41) is 10.6. The predicted octanol–water partition coefficient (Wildman–Crippen LogP) is 5.48. The highest BCUT2D eigenvalue weighted by Gasteiger charge is 2.15. The smallest absolute Gasteiger partial charge is 0.210 e. The van der Waals surface area contributed by atoms with Gasteiger partial charge in [-0.3, -0.25) is 9.56 Å². The van der Waals surface area contributed by atoms with E-state index < -0.39 is 0 Å². The van der Waals surface area contributed by atoms with Gasteiger partial charge in [0, 0.05) is 23.9 Å². The van der Waals surface area contributed by atoms with E-state index in [4.69, 9.17) is 12.2 Å². The summed E-state index contributed by atoms with van der Waals surface area (Å²) in [4.78, 5) is 5.18. The molecule has 25 heavy (non-hydrogen) atoms. The van der Waals surface area contributed by atoms with Crippen LogP contribution >= 0.6 is 23.6 Å². The summed E-state index contributed by atoms with van der Waals surface area (Å²) in [6.07, 6.45) is 4.63. The Morgan fingerprint density at radius 1 is 1.08 bits per heavy atom. The number of hydrogen-bond acceptors (Lipinski definition) is 4. The molecule has 1 N–H and O–H groups in total. The first kappa shape index (κ1) is 16.0. The number of hydrogen-bond donors (Lipinski definition) is 1. The molecule has 5 heteroatoms. The van der Waals surface area contributed by atoms with E-state index in [2.05, 4.69) is 17.1 Å². The van der Waals surface area contributed by atoms with Crippen LogP contribution in [0.25, 0.3) is 11.6 Å². The molecule has 2 heterocycles. The molecule has 0 saturated carbocycles. The summed E-state index contributed by atoms with van der Waals surface area (Å²) in [5.41, 5.74) is 4.27. The number of allylic oxidation sites excluding steroid dienone is 1. The Balaban J connectivity index is 1.62. The van der Waals surface area contributed by atoms with Crippen molar-refractivity contribution in [2.45, 2.75) is 13.0 Å². The molecule has 0 spiro atoms. The molecule has 0 bridgehead atoms. The van der Waals surface area contributed by atoms with Crippen LogP contribution in [0.2, 0.25) is 0 Å². The summed E-state index contributed by atoms with van der Waals surface area (Å²) in [7, 11) is 0. The number of rotatable bonds is 4. The van der Waals surface area contributed by atoms with Crippen molar-refractivity contribution in [2.24, 2.45) is 4.99 Å². The summed E-state index contributed by atoms with van der Waals surface area (Å²) in [6, 6.07) is 18.2. The second-order valence-electron chi connectivity index (χ2n) is 5.82. The number of aryl methyl sites for hydroxylation is 1. The first-order valence-corrected chi connectivity index (χ1v) is 9.26. The van der Waals surface area contributed by atoms with Gasteiger partial charge in [0.2, 0.25) is 5.88 Å². The topological polar surface area (TPSA) is 37.5 Å². The monoisotopic (exact) mass is 364 g/mol. The Morgan fingerprint density at radius 2 is 1.84 bits per heavy atom. The molecule has 3 aromatic rings. The van der Waals surface area contributed by atoms with Crippen molar-refractivity contribution < 1.29 is 5.11 Å². The van der Waals surface area contributed by atoms with Gasteiger partial charge in [0.1, 0.15) is 0 Å². The molecule has 1 aliphatic rings. The van der Waals surface area contributed by atoms with E-state index in [1.807, 2.05) is 54.8 Å². The number of aromatic hydroxyl groups is 1. The van der Waals surface area contributed by atoms with Crippen LogP contribution in [0.1, 0.15) is 16.0 Å². The van der Waals surface area contributed by atoms with Crippen LogP contribution in [-0.2, 0) is 13.0 Å². The molecule has 0 radical (unpaired) electrons. The van der Waals surface area contributed by atoms with Gasteiger partial charge < -0.3 is 5.11 Å². The van der Waals surface area contributed by atoms with Gasteiger partial charge in [-0.2, -0.15) is 0 Å². The first-order valence-electron chi connectivity index (χ1n) is 8.04. The van der Waals surface area contributed by atoms with Crippen molar-refractivity contribution in [2.75, 3.05) is 0 Å². The lowest BCUT2D eigenvalue weighted by atomic mass is 10.1. The number of para-hydroxylation sites is 1. The standard InChI is InChI=1S/C20H16N2OS2/c23-19-18(12-15-13-21-17-9-5-4-8-16(15)17)25-20(24)22(19)11-10-14-6-2-1-3-7-14/h1-9,12-13,23H,10-11H2/b15-12+. The number of aliphatic imine (C=N–C) groups is 1. The largest absolute Gasteiger partial charge is 0.493 e. The molecule has 0 saturated heterocycles. The van der Waals surface area contributed by atoms with Crippen LogP contribution in [0.4, 0.5) is 5.69 Å². The summed E-state index contributed by atoms with van der Waals surface area (Å²) >= 11 is 6.88. The van der Waals surface area contributed by atoms with E-state index >= 15 is 0 Å². The van der Waals surface area contributed by atoms with E-state index in [0.29, 0.717) is 10.5 Å². The molecule has 0 atom stereocenters. The fraction of sp³-hybridized carbons (Fsp3) is 0.100. The van der Waals surface area contributed by atoms with Gasteiger partial charge in [0.15, 0.2) is 3.95 Å². The van der Waals surface area contributed by atoms with Gasteiger partial charge in [0.05, 0.1) is 10.6 Å². The quantitative estimate of drug-likeness (QED) is 0.622. The second kappa shape index (κ2) is 6.78. The van der Waals surface area contributed by atoms with Crippen LogP contribution in [0, 0.1) is 3.95 Å². The normalized spacial score (nSPS) is 14.2. The molecule has 0 aliphatic carbocycles. The fourth-order valence-corrected chi connectivity index (χ4v) is 4.20. The third-order valence-corrected chi connectivity index (χ3v) is 5.59. The molecular weight excluding hydrogens is 348 g/mol. The third kappa shape index (κ3) is 3.21. The van der Waals surface area contributed by atoms with Gasteiger partial charge in [-0.05, 0) is 36.3 Å². The Kier molecular flexibility index (Phi) is 4.34. The van der Waals surface area contributed by atoms with E-state index in [-0.39, 0.29) is 5.88 Å².